The van der Waals surface area contributed by atoms with Crippen LogP contribution in [0.25, 0.3) is 0 Å². The van der Waals surface area contributed by atoms with Gasteiger partial charge in [-0.15, -0.1) is 0 Å². The fourth-order valence-electron chi connectivity index (χ4n) is 3.06. The molecule has 0 aromatic heterocycles. The highest BCUT2D eigenvalue weighted by Gasteiger charge is 2.41. The molecule has 7 heteroatoms. The van der Waals surface area contributed by atoms with Gasteiger partial charge in [-0.2, -0.15) is 0 Å². The van der Waals surface area contributed by atoms with Gasteiger partial charge in [0.05, 0.1) is 7.11 Å². The van der Waals surface area contributed by atoms with E-state index in [2.05, 4.69) is 5.32 Å². The van der Waals surface area contributed by atoms with Crippen LogP contribution < -0.4 is 10.1 Å². The van der Waals surface area contributed by atoms with Crippen LogP contribution >= 0.6 is 0 Å². The molecule has 2 amide bonds. The Morgan fingerprint density at radius 3 is 2.35 bits per heavy atom. The van der Waals surface area contributed by atoms with Gasteiger partial charge >= 0.3 is 5.97 Å². The van der Waals surface area contributed by atoms with Crippen molar-refractivity contribution in [2.45, 2.75) is 45.7 Å². The van der Waals surface area contributed by atoms with Crippen LogP contribution in [0.3, 0.4) is 0 Å². The Morgan fingerprint density at radius 1 is 1.23 bits per heavy atom. The average molecular weight is 362 g/mol. The number of carboxylic acid groups (broad SMARTS) is 1. The van der Waals surface area contributed by atoms with Gasteiger partial charge in [-0.1, -0.05) is 20.8 Å². The molecule has 2 atom stereocenters. The van der Waals surface area contributed by atoms with E-state index in [-0.39, 0.29) is 11.8 Å². The summed E-state index contributed by atoms with van der Waals surface area (Å²) in [6.45, 7) is 5.92. The number of carboxylic acids is 1. The van der Waals surface area contributed by atoms with Crippen LogP contribution in [0.15, 0.2) is 24.3 Å². The summed E-state index contributed by atoms with van der Waals surface area (Å²) in [5, 5.41) is 12.1. The molecule has 1 heterocycles. The first-order chi connectivity index (χ1) is 12.1. The number of hydrogen-bond acceptors (Lipinski definition) is 4. The van der Waals surface area contributed by atoms with Crippen molar-refractivity contribution in [1.29, 1.82) is 0 Å². The van der Waals surface area contributed by atoms with Crippen molar-refractivity contribution in [2.75, 3.05) is 13.7 Å². The Hall–Kier alpha value is -2.57. The van der Waals surface area contributed by atoms with Crippen LogP contribution in [-0.2, 0) is 9.59 Å². The molecule has 0 aliphatic carbocycles. The minimum atomic E-state index is -1.01. The molecule has 1 fully saturated rings. The van der Waals surface area contributed by atoms with Crippen LogP contribution in [0.4, 0.5) is 0 Å². The van der Waals surface area contributed by atoms with Gasteiger partial charge in [-0.3, -0.25) is 9.59 Å². The third-order valence-electron chi connectivity index (χ3n) is 4.56. The zero-order chi connectivity index (χ0) is 19.5. The summed E-state index contributed by atoms with van der Waals surface area (Å²) in [5.74, 6) is -1.12. The highest BCUT2D eigenvalue weighted by molar-refractivity contribution is 5.98. The van der Waals surface area contributed by atoms with Gasteiger partial charge in [-0.25, -0.2) is 4.79 Å². The summed E-state index contributed by atoms with van der Waals surface area (Å²) in [6, 6.07) is 4.93. The number of aliphatic carboxylic acids is 1. The first-order valence-electron chi connectivity index (χ1n) is 8.63. The predicted molar refractivity (Wildman–Crippen MR) is 96.1 cm³/mol. The molecule has 1 aromatic carbocycles. The number of carbonyl (C=O) groups is 3. The van der Waals surface area contributed by atoms with Crippen molar-refractivity contribution in [1.82, 2.24) is 10.2 Å². The van der Waals surface area contributed by atoms with Crippen molar-refractivity contribution in [3.63, 3.8) is 0 Å². The van der Waals surface area contributed by atoms with Gasteiger partial charge in [0.25, 0.3) is 5.91 Å². The second-order valence-electron chi connectivity index (χ2n) is 7.53. The topological polar surface area (TPSA) is 95.9 Å². The van der Waals surface area contributed by atoms with Gasteiger partial charge in [0.2, 0.25) is 5.91 Å². The van der Waals surface area contributed by atoms with Crippen molar-refractivity contribution in [3.8, 4) is 5.75 Å². The molecule has 26 heavy (non-hydrogen) atoms. The predicted octanol–water partition coefficient (Wildman–Crippen LogP) is 1.92. The summed E-state index contributed by atoms with van der Waals surface area (Å²) in [5.41, 5.74) is -0.158. The van der Waals surface area contributed by atoms with E-state index < -0.39 is 23.5 Å². The quantitative estimate of drug-likeness (QED) is 0.834. The fourth-order valence-corrected chi connectivity index (χ4v) is 3.06. The Labute approximate surface area is 153 Å². The molecule has 1 aliphatic heterocycles. The van der Waals surface area contributed by atoms with E-state index in [1.54, 1.807) is 24.3 Å². The van der Waals surface area contributed by atoms with Crippen molar-refractivity contribution < 1.29 is 24.2 Å². The summed E-state index contributed by atoms with van der Waals surface area (Å²) in [4.78, 5) is 38.4. The smallest absolute Gasteiger partial charge is 0.326 e. The maximum absolute atomic E-state index is 13.0. The number of benzene rings is 1. The van der Waals surface area contributed by atoms with Gasteiger partial charge < -0.3 is 20.1 Å². The van der Waals surface area contributed by atoms with Crippen LogP contribution in [0.2, 0.25) is 0 Å². The lowest BCUT2D eigenvalue weighted by Gasteiger charge is -2.34. The third kappa shape index (κ3) is 4.33. The molecule has 0 saturated carbocycles. The highest BCUT2D eigenvalue weighted by Crippen LogP contribution is 2.26. The maximum atomic E-state index is 13.0. The van der Waals surface area contributed by atoms with E-state index in [0.717, 1.165) is 0 Å². The summed E-state index contributed by atoms with van der Waals surface area (Å²) in [6.07, 6.45) is 1.08. The van der Waals surface area contributed by atoms with Crippen LogP contribution in [0.5, 0.6) is 5.75 Å². The monoisotopic (exact) mass is 362 g/mol. The number of ether oxygens (including phenoxy) is 1. The van der Waals surface area contributed by atoms with E-state index in [1.807, 2.05) is 20.8 Å². The Bertz CT molecular complexity index is 678. The lowest BCUT2D eigenvalue weighted by Crippen LogP contribution is -2.56. The van der Waals surface area contributed by atoms with Gasteiger partial charge in [0, 0.05) is 12.1 Å². The van der Waals surface area contributed by atoms with Crippen molar-refractivity contribution in [3.05, 3.63) is 29.8 Å². The second kappa shape index (κ2) is 7.76. The molecule has 0 radical (unpaired) electrons. The van der Waals surface area contributed by atoms with E-state index >= 15 is 0 Å². The van der Waals surface area contributed by atoms with Gasteiger partial charge in [0.1, 0.15) is 17.8 Å². The fraction of sp³-hybridized carbons (Fsp3) is 0.526. The Kier molecular flexibility index (Phi) is 5.90. The molecule has 1 aliphatic rings. The Morgan fingerprint density at radius 2 is 1.85 bits per heavy atom. The van der Waals surface area contributed by atoms with Crippen molar-refractivity contribution in [2.24, 2.45) is 5.41 Å². The number of hydrogen-bond donors (Lipinski definition) is 2. The molecule has 1 saturated heterocycles. The van der Waals surface area contributed by atoms with Gasteiger partial charge in [0.15, 0.2) is 0 Å². The van der Waals surface area contributed by atoms with E-state index in [9.17, 15) is 19.5 Å². The molecule has 1 aromatic rings. The van der Waals surface area contributed by atoms with Gasteiger partial charge in [-0.05, 0) is 42.5 Å². The number of likely N-dealkylation sites (tertiary alicyclic amines) is 1. The third-order valence-corrected chi connectivity index (χ3v) is 4.56. The summed E-state index contributed by atoms with van der Waals surface area (Å²) < 4.78 is 5.08. The van der Waals surface area contributed by atoms with Crippen LogP contribution in [0, 0.1) is 5.41 Å². The largest absolute Gasteiger partial charge is 0.497 e. The molecule has 0 spiro atoms. The summed E-state index contributed by atoms with van der Waals surface area (Å²) >= 11 is 0. The minimum absolute atomic E-state index is 0.357. The standard InChI is InChI=1S/C19H26N2O5/c1-19(2,3)15(17(23)21-11-5-6-14(21)18(24)25)20-16(22)12-7-9-13(26-4)10-8-12/h7-10,14-15H,5-6,11H2,1-4H3,(H,20,22)(H,24,25). The first-order valence-corrected chi connectivity index (χ1v) is 8.63. The zero-order valence-corrected chi connectivity index (χ0v) is 15.6. The second-order valence-corrected chi connectivity index (χ2v) is 7.53. The Balaban J connectivity index is 2.20. The highest BCUT2D eigenvalue weighted by atomic mass is 16.5. The molecule has 2 unspecified atom stereocenters. The van der Waals surface area contributed by atoms with Crippen LogP contribution in [-0.4, -0.2) is 53.5 Å². The number of nitrogens with zero attached hydrogens (tertiary/aromatic N) is 1. The molecule has 2 rings (SSSR count). The minimum Gasteiger partial charge on any atom is -0.497 e. The molecular formula is C19H26N2O5. The van der Waals surface area contributed by atoms with E-state index in [1.165, 1.54) is 12.0 Å². The van der Waals surface area contributed by atoms with E-state index in [4.69, 9.17) is 4.74 Å². The SMILES string of the molecule is COc1ccc(C(=O)NC(C(=O)N2CCCC2C(=O)O)C(C)(C)C)cc1. The molecule has 2 N–H and O–H groups in total. The first kappa shape index (κ1) is 19.8. The molecule has 142 valence electrons. The van der Waals surface area contributed by atoms with E-state index in [0.29, 0.717) is 30.7 Å². The lowest BCUT2D eigenvalue weighted by atomic mass is 9.85. The van der Waals surface area contributed by atoms with Crippen molar-refractivity contribution >= 4 is 17.8 Å². The average Bonchev–Trinajstić information content (AvgIpc) is 3.08. The normalized spacial score (nSPS) is 18.3. The number of nitrogens with one attached hydrogen (secondary N) is 1. The zero-order valence-electron chi connectivity index (χ0n) is 15.6. The summed E-state index contributed by atoms with van der Waals surface area (Å²) in [7, 11) is 1.54. The molecular weight excluding hydrogens is 336 g/mol. The van der Waals surface area contributed by atoms with Crippen LogP contribution in [0.1, 0.15) is 44.0 Å². The number of methoxy groups -OCH3 is 1. The number of rotatable bonds is 5. The number of amides is 2. The molecule has 7 nitrogen and oxygen atoms in total. The lowest BCUT2D eigenvalue weighted by molar-refractivity contribution is -0.150. The molecule has 0 bridgehead atoms. The number of carbonyl (C=O) groups excluding carboxylic acids is 2. The maximum Gasteiger partial charge on any atom is 0.326 e.